The summed E-state index contributed by atoms with van der Waals surface area (Å²) in [4.78, 5) is 31.3. The second-order valence-electron chi connectivity index (χ2n) is 4.63. The molecule has 22 heavy (non-hydrogen) atoms. The van der Waals surface area contributed by atoms with Crippen molar-refractivity contribution in [1.29, 1.82) is 0 Å². The number of alkyl halides is 2. The van der Waals surface area contributed by atoms with E-state index in [4.69, 9.17) is 23.2 Å². The number of rotatable bonds is 6. The average molecular weight is 345 g/mol. The van der Waals surface area contributed by atoms with Crippen LogP contribution in [0.4, 0.5) is 11.4 Å². The molecule has 0 bridgehead atoms. The lowest BCUT2D eigenvalue weighted by molar-refractivity contribution is -0.384. The molecule has 0 radical (unpaired) electrons. The molecule has 9 heteroatoms. The SMILES string of the molecule is Cc1nc2cc([N+](=O)[O-])c(N(CCCl)CCCl)cc2c(=O)[nH]1. The first-order valence-corrected chi connectivity index (χ1v) is 7.60. The van der Waals surface area contributed by atoms with Crippen LogP contribution in [-0.4, -0.2) is 39.7 Å². The molecule has 0 saturated carbocycles. The first-order chi connectivity index (χ1) is 10.5. The number of halogens is 2. The van der Waals surface area contributed by atoms with Gasteiger partial charge in [0.25, 0.3) is 11.2 Å². The smallest absolute Gasteiger partial charge is 0.294 e. The fourth-order valence-electron chi connectivity index (χ4n) is 2.24. The number of benzene rings is 1. The van der Waals surface area contributed by atoms with Gasteiger partial charge in [0.05, 0.1) is 15.8 Å². The van der Waals surface area contributed by atoms with Crippen molar-refractivity contribution >= 4 is 45.5 Å². The summed E-state index contributed by atoms with van der Waals surface area (Å²) in [7, 11) is 0. The van der Waals surface area contributed by atoms with E-state index >= 15 is 0 Å². The second-order valence-corrected chi connectivity index (χ2v) is 5.39. The molecule has 7 nitrogen and oxygen atoms in total. The monoisotopic (exact) mass is 344 g/mol. The predicted octanol–water partition coefficient (Wildman–Crippen LogP) is 2.42. The van der Waals surface area contributed by atoms with Crippen LogP contribution in [0.15, 0.2) is 16.9 Å². The summed E-state index contributed by atoms with van der Waals surface area (Å²) >= 11 is 11.5. The minimum absolute atomic E-state index is 0.125. The first kappa shape index (κ1) is 16.5. The fraction of sp³-hybridized carbons (Fsp3) is 0.385. The van der Waals surface area contributed by atoms with Crippen molar-refractivity contribution in [2.24, 2.45) is 0 Å². The molecule has 0 saturated heterocycles. The number of fused-ring (bicyclic) bond motifs is 1. The van der Waals surface area contributed by atoms with Gasteiger partial charge in [0.15, 0.2) is 0 Å². The molecule has 1 N–H and O–H groups in total. The van der Waals surface area contributed by atoms with Crippen LogP contribution in [0.2, 0.25) is 0 Å². The lowest BCUT2D eigenvalue weighted by Gasteiger charge is -2.22. The summed E-state index contributed by atoms with van der Waals surface area (Å²) in [6, 6.07) is 2.78. The lowest BCUT2D eigenvalue weighted by atomic mass is 10.1. The van der Waals surface area contributed by atoms with E-state index in [0.29, 0.717) is 30.0 Å². The van der Waals surface area contributed by atoms with Gasteiger partial charge in [0.1, 0.15) is 11.5 Å². The highest BCUT2D eigenvalue weighted by atomic mass is 35.5. The second kappa shape index (κ2) is 6.93. The molecule has 0 atom stereocenters. The van der Waals surface area contributed by atoms with Gasteiger partial charge in [-0.15, -0.1) is 23.2 Å². The fourth-order valence-corrected chi connectivity index (χ4v) is 2.64. The van der Waals surface area contributed by atoms with Gasteiger partial charge >= 0.3 is 0 Å². The Balaban J connectivity index is 2.72. The maximum atomic E-state index is 12.0. The van der Waals surface area contributed by atoms with Crippen LogP contribution >= 0.6 is 23.2 Å². The van der Waals surface area contributed by atoms with Crippen LogP contribution in [0.25, 0.3) is 10.9 Å². The van der Waals surface area contributed by atoms with Gasteiger partial charge in [-0.1, -0.05) is 0 Å². The Labute approximate surface area is 136 Å². The molecule has 118 valence electrons. The van der Waals surface area contributed by atoms with Crippen molar-refractivity contribution in [3.63, 3.8) is 0 Å². The molecule has 1 aromatic carbocycles. The molecular formula is C13H14Cl2N4O3. The molecule has 0 aliphatic heterocycles. The molecular weight excluding hydrogens is 331 g/mol. The summed E-state index contributed by atoms with van der Waals surface area (Å²) < 4.78 is 0. The average Bonchev–Trinajstić information content (AvgIpc) is 2.45. The number of nitro groups is 1. The Morgan fingerprint density at radius 2 is 1.95 bits per heavy atom. The van der Waals surface area contributed by atoms with Crippen molar-refractivity contribution in [3.8, 4) is 0 Å². The highest BCUT2D eigenvalue weighted by Crippen LogP contribution is 2.31. The quantitative estimate of drug-likeness (QED) is 0.493. The van der Waals surface area contributed by atoms with E-state index in [9.17, 15) is 14.9 Å². The van der Waals surface area contributed by atoms with Crippen molar-refractivity contribution < 1.29 is 4.92 Å². The number of aryl methyl sites for hydroxylation is 1. The van der Waals surface area contributed by atoms with E-state index in [0.717, 1.165) is 0 Å². The van der Waals surface area contributed by atoms with Gasteiger partial charge in [0.2, 0.25) is 0 Å². The van der Waals surface area contributed by atoms with Crippen molar-refractivity contribution in [3.05, 3.63) is 38.4 Å². The molecule has 2 aromatic rings. The Kier molecular flexibility index (Phi) is 5.20. The van der Waals surface area contributed by atoms with E-state index in [2.05, 4.69) is 9.97 Å². The van der Waals surface area contributed by atoms with E-state index in [1.807, 2.05) is 0 Å². The van der Waals surface area contributed by atoms with Crippen LogP contribution in [0, 0.1) is 17.0 Å². The standard InChI is InChI=1S/C13H14Cl2N4O3/c1-8-16-10-7-12(19(21)22)11(6-9(10)13(20)17-8)18(4-2-14)5-3-15/h6-7H,2-5H2,1H3,(H,16,17,20). The number of hydrogen-bond acceptors (Lipinski definition) is 5. The Morgan fingerprint density at radius 3 is 2.50 bits per heavy atom. The van der Waals surface area contributed by atoms with E-state index in [1.54, 1.807) is 11.8 Å². The molecule has 0 fully saturated rings. The molecule has 1 aromatic heterocycles. The summed E-state index contributed by atoms with van der Waals surface area (Å²) in [6.45, 7) is 2.39. The first-order valence-electron chi connectivity index (χ1n) is 6.54. The minimum Gasteiger partial charge on any atom is -0.364 e. The van der Waals surface area contributed by atoms with Crippen molar-refractivity contribution in [2.75, 3.05) is 29.7 Å². The van der Waals surface area contributed by atoms with Gasteiger partial charge in [-0.2, -0.15) is 0 Å². The highest BCUT2D eigenvalue weighted by molar-refractivity contribution is 6.18. The largest absolute Gasteiger partial charge is 0.364 e. The number of nitro benzene ring substituents is 1. The normalized spacial score (nSPS) is 10.9. The number of nitrogens with one attached hydrogen (secondary N) is 1. The Bertz CT molecular complexity index is 757. The summed E-state index contributed by atoms with van der Waals surface area (Å²) in [5.74, 6) is 0.973. The zero-order chi connectivity index (χ0) is 16.3. The Hall–Kier alpha value is -1.86. The molecule has 0 spiro atoms. The summed E-state index contributed by atoms with van der Waals surface area (Å²) in [6.07, 6.45) is 0. The minimum atomic E-state index is -0.498. The molecule has 0 unspecified atom stereocenters. The summed E-state index contributed by atoms with van der Waals surface area (Å²) in [5, 5.41) is 11.6. The van der Waals surface area contributed by atoms with Gasteiger partial charge < -0.3 is 9.88 Å². The third-order valence-electron chi connectivity index (χ3n) is 3.17. The molecule has 2 rings (SSSR count). The number of H-pyrrole nitrogens is 1. The molecule has 0 aliphatic carbocycles. The van der Waals surface area contributed by atoms with E-state index < -0.39 is 4.92 Å². The van der Waals surface area contributed by atoms with Crippen LogP contribution in [0.3, 0.4) is 0 Å². The maximum absolute atomic E-state index is 12.0. The zero-order valence-electron chi connectivity index (χ0n) is 11.8. The van der Waals surface area contributed by atoms with E-state index in [-0.39, 0.29) is 28.5 Å². The van der Waals surface area contributed by atoms with Gasteiger partial charge in [-0.25, -0.2) is 4.98 Å². The van der Waals surface area contributed by atoms with Crippen molar-refractivity contribution in [2.45, 2.75) is 6.92 Å². The lowest BCUT2D eigenvalue weighted by Crippen LogP contribution is -2.28. The predicted molar refractivity (Wildman–Crippen MR) is 87.4 cm³/mol. The molecule has 1 heterocycles. The van der Waals surface area contributed by atoms with Crippen LogP contribution in [0.1, 0.15) is 5.82 Å². The van der Waals surface area contributed by atoms with Crippen LogP contribution in [-0.2, 0) is 0 Å². The topological polar surface area (TPSA) is 92.1 Å². The third-order valence-corrected chi connectivity index (χ3v) is 3.50. The number of aromatic nitrogens is 2. The highest BCUT2D eigenvalue weighted by Gasteiger charge is 2.21. The number of hydrogen-bond donors (Lipinski definition) is 1. The zero-order valence-corrected chi connectivity index (χ0v) is 13.3. The third kappa shape index (κ3) is 3.31. The van der Waals surface area contributed by atoms with Gasteiger partial charge in [0, 0.05) is 30.9 Å². The maximum Gasteiger partial charge on any atom is 0.294 e. The van der Waals surface area contributed by atoms with Gasteiger partial charge in [-0.05, 0) is 13.0 Å². The van der Waals surface area contributed by atoms with Crippen LogP contribution in [0.5, 0.6) is 0 Å². The number of anilines is 1. The molecule has 0 aliphatic rings. The van der Waals surface area contributed by atoms with E-state index in [1.165, 1.54) is 12.1 Å². The number of nitrogens with zero attached hydrogens (tertiary/aromatic N) is 3. The Morgan fingerprint density at radius 1 is 1.32 bits per heavy atom. The summed E-state index contributed by atoms with van der Waals surface area (Å²) in [5.41, 5.74) is 0.138. The van der Waals surface area contributed by atoms with Crippen molar-refractivity contribution in [1.82, 2.24) is 9.97 Å². The van der Waals surface area contributed by atoms with Crippen LogP contribution < -0.4 is 10.5 Å². The number of aromatic amines is 1. The van der Waals surface area contributed by atoms with Gasteiger partial charge in [-0.3, -0.25) is 14.9 Å². The molecule has 0 amide bonds.